The van der Waals surface area contributed by atoms with Crippen LogP contribution in [-0.4, -0.2) is 20.8 Å². The summed E-state index contributed by atoms with van der Waals surface area (Å²) < 4.78 is 6.81. The molecule has 102 valence electrons. The van der Waals surface area contributed by atoms with Gasteiger partial charge in [0.15, 0.2) is 5.76 Å². The Kier molecular flexibility index (Phi) is 3.99. The molecule has 0 fully saturated rings. The van der Waals surface area contributed by atoms with Crippen LogP contribution in [-0.2, 0) is 17.9 Å². The van der Waals surface area contributed by atoms with E-state index in [2.05, 4.69) is 15.6 Å². The van der Waals surface area contributed by atoms with Gasteiger partial charge in [-0.25, -0.2) is 0 Å². The van der Waals surface area contributed by atoms with Crippen molar-refractivity contribution in [2.45, 2.75) is 33.9 Å². The molecule has 1 atom stereocenters. The van der Waals surface area contributed by atoms with E-state index in [-0.39, 0.29) is 11.8 Å². The minimum Gasteiger partial charge on any atom is -0.359 e. The third-order valence-electron chi connectivity index (χ3n) is 2.80. The molecule has 0 spiro atoms. The molecule has 2 rings (SSSR count). The molecule has 6 heteroatoms. The van der Waals surface area contributed by atoms with Gasteiger partial charge in [-0.15, -0.1) is 0 Å². The number of nitrogens with zero attached hydrogens (tertiary/aromatic N) is 3. The Morgan fingerprint density at radius 2 is 2.26 bits per heavy atom. The van der Waals surface area contributed by atoms with Crippen molar-refractivity contribution in [1.82, 2.24) is 20.3 Å². The molecule has 1 amide bonds. The quantitative estimate of drug-likeness (QED) is 0.885. The lowest BCUT2D eigenvalue weighted by Crippen LogP contribution is -2.31. The van der Waals surface area contributed by atoms with Crippen molar-refractivity contribution in [2.24, 2.45) is 5.92 Å². The fourth-order valence-corrected chi connectivity index (χ4v) is 1.78. The van der Waals surface area contributed by atoms with Crippen LogP contribution in [0, 0.1) is 19.8 Å². The van der Waals surface area contributed by atoms with Crippen LogP contribution in [0.15, 0.2) is 22.9 Å². The van der Waals surface area contributed by atoms with Crippen LogP contribution in [0.25, 0.3) is 0 Å². The van der Waals surface area contributed by atoms with Gasteiger partial charge in [0.25, 0.3) is 0 Å². The predicted octanol–water partition coefficient (Wildman–Crippen LogP) is 1.44. The standard InChI is InChI=1S/C13H18N4O2/c1-9(8-17-5-4-10(2)15-17)13(18)14-7-12-6-11(3)16-19-12/h4-6,9H,7-8H2,1-3H3,(H,14,18). The van der Waals surface area contributed by atoms with Crippen LogP contribution in [0.2, 0.25) is 0 Å². The summed E-state index contributed by atoms with van der Waals surface area (Å²) in [7, 11) is 0. The number of aryl methyl sites for hydroxylation is 2. The first-order chi connectivity index (χ1) is 9.04. The third-order valence-corrected chi connectivity index (χ3v) is 2.80. The zero-order valence-corrected chi connectivity index (χ0v) is 11.4. The second kappa shape index (κ2) is 5.69. The van der Waals surface area contributed by atoms with E-state index in [1.54, 1.807) is 4.68 Å². The Hall–Kier alpha value is -2.11. The maximum Gasteiger partial charge on any atom is 0.225 e. The van der Waals surface area contributed by atoms with Gasteiger partial charge in [0.05, 0.1) is 30.4 Å². The number of carbonyl (C=O) groups excluding carboxylic acids is 1. The predicted molar refractivity (Wildman–Crippen MR) is 69.2 cm³/mol. The Balaban J connectivity index is 1.82. The second-order valence-electron chi connectivity index (χ2n) is 4.73. The Bertz CT molecular complexity index is 558. The summed E-state index contributed by atoms with van der Waals surface area (Å²) >= 11 is 0. The highest BCUT2D eigenvalue weighted by atomic mass is 16.5. The fraction of sp³-hybridized carbons (Fsp3) is 0.462. The van der Waals surface area contributed by atoms with Crippen LogP contribution in [0.1, 0.15) is 24.1 Å². The largest absolute Gasteiger partial charge is 0.359 e. The lowest BCUT2D eigenvalue weighted by atomic mass is 10.1. The number of amides is 1. The van der Waals surface area contributed by atoms with Crippen molar-refractivity contribution < 1.29 is 9.32 Å². The number of rotatable bonds is 5. The third kappa shape index (κ3) is 3.67. The minimum absolute atomic E-state index is 0.0257. The van der Waals surface area contributed by atoms with Crippen molar-refractivity contribution in [2.75, 3.05) is 0 Å². The molecular formula is C13H18N4O2. The maximum absolute atomic E-state index is 11.9. The van der Waals surface area contributed by atoms with Crippen molar-refractivity contribution in [3.8, 4) is 0 Å². The second-order valence-corrected chi connectivity index (χ2v) is 4.73. The van der Waals surface area contributed by atoms with Gasteiger partial charge < -0.3 is 9.84 Å². The van der Waals surface area contributed by atoms with Crippen LogP contribution in [0.4, 0.5) is 0 Å². The summed E-state index contributed by atoms with van der Waals surface area (Å²) in [6.07, 6.45) is 1.87. The SMILES string of the molecule is Cc1cc(CNC(=O)C(C)Cn2ccc(C)n2)on1. The van der Waals surface area contributed by atoms with Crippen LogP contribution in [0.5, 0.6) is 0 Å². The fourth-order valence-electron chi connectivity index (χ4n) is 1.78. The van der Waals surface area contributed by atoms with E-state index in [9.17, 15) is 4.79 Å². The lowest BCUT2D eigenvalue weighted by molar-refractivity contribution is -0.125. The highest BCUT2D eigenvalue weighted by Gasteiger charge is 2.14. The topological polar surface area (TPSA) is 73.0 Å². The van der Waals surface area contributed by atoms with Crippen LogP contribution in [0.3, 0.4) is 0 Å². The number of carbonyl (C=O) groups is 1. The van der Waals surface area contributed by atoms with E-state index in [0.29, 0.717) is 18.8 Å². The Labute approximate surface area is 111 Å². The van der Waals surface area contributed by atoms with Crippen LogP contribution >= 0.6 is 0 Å². The van der Waals surface area contributed by atoms with Gasteiger partial charge in [-0.1, -0.05) is 12.1 Å². The zero-order valence-electron chi connectivity index (χ0n) is 11.4. The molecule has 2 aromatic heterocycles. The van der Waals surface area contributed by atoms with Crippen molar-refractivity contribution in [1.29, 1.82) is 0 Å². The van der Waals surface area contributed by atoms with E-state index in [1.165, 1.54) is 0 Å². The van der Waals surface area contributed by atoms with Gasteiger partial charge in [-0.05, 0) is 19.9 Å². The molecule has 1 unspecified atom stereocenters. The van der Waals surface area contributed by atoms with Crippen molar-refractivity contribution in [3.63, 3.8) is 0 Å². The molecule has 2 aromatic rings. The first-order valence-electron chi connectivity index (χ1n) is 6.24. The molecule has 1 N–H and O–H groups in total. The molecule has 0 saturated carbocycles. The van der Waals surface area contributed by atoms with E-state index >= 15 is 0 Å². The molecule has 0 aliphatic carbocycles. The Morgan fingerprint density at radius 3 is 2.84 bits per heavy atom. The normalized spacial score (nSPS) is 12.4. The molecule has 0 radical (unpaired) electrons. The summed E-state index contributed by atoms with van der Waals surface area (Å²) in [5.74, 6) is 0.485. The van der Waals surface area contributed by atoms with Crippen molar-refractivity contribution in [3.05, 3.63) is 35.5 Å². The highest BCUT2D eigenvalue weighted by molar-refractivity contribution is 5.78. The van der Waals surface area contributed by atoms with Gasteiger partial charge in [0.1, 0.15) is 0 Å². The van der Waals surface area contributed by atoms with Gasteiger partial charge in [0.2, 0.25) is 5.91 Å². The Morgan fingerprint density at radius 1 is 1.47 bits per heavy atom. The zero-order chi connectivity index (χ0) is 13.8. The smallest absolute Gasteiger partial charge is 0.225 e. The van der Waals surface area contributed by atoms with Gasteiger partial charge in [-0.3, -0.25) is 9.48 Å². The number of hydrogen-bond donors (Lipinski definition) is 1. The average Bonchev–Trinajstić information content (AvgIpc) is 2.95. The summed E-state index contributed by atoms with van der Waals surface area (Å²) in [5.41, 5.74) is 1.76. The molecule has 0 aromatic carbocycles. The average molecular weight is 262 g/mol. The van der Waals surface area contributed by atoms with E-state index < -0.39 is 0 Å². The van der Waals surface area contributed by atoms with E-state index in [4.69, 9.17) is 4.52 Å². The first kappa shape index (κ1) is 13.3. The molecule has 0 aliphatic rings. The highest BCUT2D eigenvalue weighted by Crippen LogP contribution is 2.04. The molecular weight excluding hydrogens is 244 g/mol. The summed E-state index contributed by atoms with van der Waals surface area (Å²) in [6, 6.07) is 3.73. The van der Waals surface area contributed by atoms with Crippen molar-refractivity contribution >= 4 is 5.91 Å². The molecule has 0 saturated heterocycles. The lowest BCUT2D eigenvalue weighted by Gasteiger charge is -2.11. The molecule has 19 heavy (non-hydrogen) atoms. The minimum atomic E-state index is -0.150. The van der Waals surface area contributed by atoms with Crippen LogP contribution < -0.4 is 5.32 Å². The summed E-state index contributed by atoms with van der Waals surface area (Å²) in [5, 5.41) is 10.9. The summed E-state index contributed by atoms with van der Waals surface area (Å²) in [6.45, 7) is 6.57. The molecule has 6 nitrogen and oxygen atoms in total. The molecule has 0 bridgehead atoms. The van der Waals surface area contributed by atoms with Gasteiger partial charge in [0, 0.05) is 12.3 Å². The maximum atomic E-state index is 11.9. The monoisotopic (exact) mass is 262 g/mol. The first-order valence-corrected chi connectivity index (χ1v) is 6.24. The summed E-state index contributed by atoms with van der Waals surface area (Å²) in [4.78, 5) is 11.9. The molecule has 2 heterocycles. The van der Waals surface area contributed by atoms with E-state index in [1.807, 2.05) is 39.1 Å². The number of hydrogen-bond acceptors (Lipinski definition) is 4. The molecule has 0 aliphatic heterocycles. The van der Waals surface area contributed by atoms with Gasteiger partial charge in [-0.2, -0.15) is 5.10 Å². The van der Waals surface area contributed by atoms with E-state index in [0.717, 1.165) is 11.4 Å². The van der Waals surface area contributed by atoms with Gasteiger partial charge >= 0.3 is 0 Å². The number of nitrogens with one attached hydrogen (secondary N) is 1. The number of aromatic nitrogens is 3.